The molecular formula is C20H25BrN3O8P. The van der Waals surface area contributed by atoms with E-state index in [0.29, 0.717) is 11.3 Å². The van der Waals surface area contributed by atoms with Gasteiger partial charge < -0.3 is 9.26 Å². The van der Waals surface area contributed by atoms with Gasteiger partial charge in [-0.2, -0.15) is 0 Å². The van der Waals surface area contributed by atoms with Crippen molar-refractivity contribution in [3.63, 3.8) is 0 Å². The fourth-order valence-corrected chi connectivity index (χ4v) is 4.69. The minimum absolute atomic E-state index is 0.101. The molecule has 2 N–H and O–H groups in total. The molecule has 2 unspecified atom stereocenters. The molecule has 1 aromatic heterocycles. The third kappa shape index (κ3) is 7.21. The number of aryl methyl sites for hydroxylation is 1. The average molecular weight is 546 g/mol. The van der Waals surface area contributed by atoms with Crippen LogP contribution >= 0.6 is 23.7 Å². The molecule has 1 aliphatic heterocycles. The van der Waals surface area contributed by atoms with E-state index >= 15 is 0 Å². The molecule has 0 saturated heterocycles. The van der Waals surface area contributed by atoms with Crippen LogP contribution in [0.3, 0.4) is 0 Å². The van der Waals surface area contributed by atoms with Gasteiger partial charge in [-0.05, 0) is 44.2 Å². The lowest BCUT2D eigenvalue weighted by Crippen LogP contribution is -2.34. The van der Waals surface area contributed by atoms with Gasteiger partial charge in [0.1, 0.15) is 11.9 Å². The first kappa shape index (κ1) is 25.6. The number of hydrogen-bond donors (Lipinski definition) is 2. The van der Waals surface area contributed by atoms with E-state index in [1.54, 1.807) is 50.3 Å². The molecule has 0 radical (unpaired) electrons. The SMILES string of the molecule is COOCC(C)NP(=O)(OC[C@@H]1C=C[C@H](n2cc(C)c(=O)[nH]c2=O)O1)Oc1ccc(Br)cc1. The maximum absolute atomic E-state index is 13.4. The first-order valence-electron chi connectivity index (χ1n) is 9.98. The molecule has 0 spiro atoms. The molecule has 1 aromatic carbocycles. The highest BCUT2D eigenvalue weighted by molar-refractivity contribution is 9.10. The molecule has 11 nitrogen and oxygen atoms in total. The topological polar surface area (TPSA) is 130 Å². The second-order valence-electron chi connectivity index (χ2n) is 7.25. The Bertz CT molecular complexity index is 1130. The van der Waals surface area contributed by atoms with Gasteiger partial charge in [-0.25, -0.2) is 24.2 Å². The van der Waals surface area contributed by atoms with Crippen LogP contribution in [0.2, 0.25) is 0 Å². The summed E-state index contributed by atoms with van der Waals surface area (Å²) >= 11 is 3.34. The van der Waals surface area contributed by atoms with Crippen LogP contribution in [0, 0.1) is 6.92 Å². The third-order valence-corrected chi connectivity index (χ3v) is 6.71. The number of benzene rings is 1. The molecule has 0 saturated carbocycles. The van der Waals surface area contributed by atoms with E-state index in [-0.39, 0.29) is 13.2 Å². The van der Waals surface area contributed by atoms with Crippen molar-refractivity contribution in [3.05, 3.63) is 73.5 Å². The number of nitrogens with zero attached hydrogens (tertiary/aromatic N) is 1. The van der Waals surface area contributed by atoms with Gasteiger partial charge in [-0.15, -0.1) is 0 Å². The number of halogens is 1. The fraction of sp³-hybridized carbons (Fsp3) is 0.400. The maximum atomic E-state index is 13.4. The van der Waals surface area contributed by atoms with Crippen molar-refractivity contribution in [2.24, 2.45) is 0 Å². The molecule has 0 bridgehead atoms. The van der Waals surface area contributed by atoms with Gasteiger partial charge in [-0.3, -0.25) is 18.9 Å². The molecule has 4 atom stereocenters. The molecule has 13 heteroatoms. The summed E-state index contributed by atoms with van der Waals surface area (Å²) in [5.74, 6) is 0.338. The molecular weight excluding hydrogens is 521 g/mol. The van der Waals surface area contributed by atoms with Gasteiger partial charge in [0.25, 0.3) is 5.56 Å². The van der Waals surface area contributed by atoms with E-state index in [1.807, 2.05) is 0 Å². The Hall–Kier alpha value is -2.05. The monoisotopic (exact) mass is 545 g/mol. The summed E-state index contributed by atoms with van der Waals surface area (Å²) in [5, 5.41) is 2.80. The van der Waals surface area contributed by atoms with Gasteiger partial charge in [0, 0.05) is 22.3 Å². The second kappa shape index (κ2) is 11.4. The van der Waals surface area contributed by atoms with Crippen LogP contribution < -0.4 is 20.9 Å². The van der Waals surface area contributed by atoms with Gasteiger partial charge in [0.05, 0.1) is 20.3 Å². The standard InChI is InChI=1S/C20H25BrN3O8P/c1-13-10-24(20(26)22-19(13)25)18-9-8-17(31-18)12-30-33(27,23-14(2)11-29-28-3)32-16-6-4-15(21)5-7-16/h4-10,14,17-18H,11-12H2,1-3H3,(H,23,27)(H,22,25,26)/t14?,17-,18+,33?/m0/s1. The van der Waals surface area contributed by atoms with Crippen molar-refractivity contribution < 1.29 is 28.1 Å². The normalized spacial score (nSPS) is 20.5. The zero-order valence-electron chi connectivity index (χ0n) is 18.2. The van der Waals surface area contributed by atoms with E-state index in [4.69, 9.17) is 18.7 Å². The predicted octanol–water partition coefficient (Wildman–Crippen LogP) is 2.82. The molecule has 33 heavy (non-hydrogen) atoms. The Labute approximate surface area is 198 Å². The third-order valence-electron chi connectivity index (χ3n) is 4.49. The Balaban J connectivity index is 1.67. The number of rotatable bonds is 11. The summed E-state index contributed by atoms with van der Waals surface area (Å²) in [6.07, 6.45) is 3.40. The first-order valence-corrected chi connectivity index (χ1v) is 12.3. The van der Waals surface area contributed by atoms with Gasteiger partial charge in [-0.1, -0.05) is 22.0 Å². The average Bonchev–Trinajstić information content (AvgIpc) is 3.24. The van der Waals surface area contributed by atoms with Crippen molar-refractivity contribution in [1.82, 2.24) is 14.6 Å². The highest BCUT2D eigenvalue weighted by Gasteiger charge is 2.32. The summed E-state index contributed by atoms with van der Waals surface area (Å²) < 4.78 is 32.7. The molecule has 2 aromatic rings. The zero-order chi connectivity index (χ0) is 24.0. The van der Waals surface area contributed by atoms with Crippen molar-refractivity contribution in [2.45, 2.75) is 32.2 Å². The van der Waals surface area contributed by atoms with Crippen molar-refractivity contribution in [2.75, 3.05) is 20.3 Å². The van der Waals surface area contributed by atoms with Crippen LogP contribution in [0.25, 0.3) is 0 Å². The summed E-state index contributed by atoms with van der Waals surface area (Å²) in [5.41, 5.74) is -0.684. The largest absolute Gasteiger partial charge is 0.459 e. The first-order chi connectivity index (χ1) is 15.7. The maximum Gasteiger partial charge on any atom is 0.459 e. The zero-order valence-corrected chi connectivity index (χ0v) is 20.7. The number of hydrogen-bond acceptors (Lipinski definition) is 8. The minimum Gasteiger partial charge on any atom is -0.413 e. The van der Waals surface area contributed by atoms with E-state index in [0.717, 1.165) is 4.47 Å². The van der Waals surface area contributed by atoms with E-state index in [1.165, 1.54) is 17.9 Å². The van der Waals surface area contributed by atoms with Crippen molar-refractivity contribution >= 4 is 23.7 Å². The fourth-order valence-electron chi connectivity index (χ4n) is 2.89. The summed E-state index contributed by atoms with van der Waals surface area (Å²) in [6, 6.07) is 6.35. The molecule has 0 amide bonds. The van der Waals surface area contributed by atoms with Crippen molar-refractivity contribution in [3.8, 4) is 5.75 Å². The van der Waals surface area contributed by atoms with Crippen LogP contribution in [0.5, 0.6) is 5.75 Å². The molecule has 1 aliphatic rings. The van der Waals surface area contributed by atoms with Crippen LogP contribution in [0.15, 0.2) is 56.7 Å². The number of nitrogens with one attached hydrogen (secondary N) is 2. The second-order valence-corrected chi connectivity index (χ2v) is 9.86. The van der Waals surface area contributed by atoms with Gasteiger partial charge in [0.2, 0.25) is 0 Å². The molecule has 3 rings (SSSR count). The number of aromatic nitrogens is 2. The molecule has 180 valence electrons. The Morgan fingerprint density at radius 1 is 1.27 bits per heavy atom. The highest BCUT2D eigenvalue weighted by Crippen LogP contribution is 2.45. The van der Waals surface area contributed by atoms with Crippen LogP contribution in [0.4, 0.5) is 0 Å². The Kier molecular flexibility index (Phi) is 8.82. The lowest BCUT2D eigenvalue weighted by molar-refractivity contribution is -0.274. The Morgan fingerprint density at radius 2 is 2.00 bits per heavy atom. The highest BCUT2D eigenvalue weighted by atomic mass is 79.9. The molecule has 2 heterocycles. The van der Waals surface area contributed by atoms with Gasteiger partial charge >= 0.3 is 13.4 Å². The smallest absolute Gasteiger partial charge is 0.413 e. The number of H-pyrrole nitrogens is 1. The van der Waals surface area contributed by atoms with Crippen LogP contribution in [-0.2, 0) is 23.6 Å². The Morgan fingerprint density at radius 3 is 2.70 bits per heavy atom. The molecule has 0 aliphatic carbocycles. The van der Waals surface area contributed by atoms with E-state index < -0.39 is 37.4 Å². The number of ether oxygens (including phenoxy) is 1. The minimum atomic E-state index is -3.85. The van der Waals surface area contributed by atoms with E-state index in [9.17, 15) is 14.2 Å². The van der Waals surface area contributed by atoms with Crippen molar-refractivity contribution in [1.29, 1.82) is 0 Å². The summed E-state index contributed by atoms with van der Waals surface area (Å²) in [4.78, 5) is 35.4. The lowest BCUT2D eigenvalue weighted by atomic mass is 10.3. The van der Waals surface area contributed by atoms with E-state index in [2.05, 4.69) is 30.9 Å². The summed E-state index contributed by atoms with van der Waals surface area (Å²) in [6.45, 7) is 3.30. The number of aromatic amines is 1. The summed E-state index contributed by atoms with van der Waals surface area (Å²) in [7, 11) is -2.48. The lowest BCUT2D eigenvalue weighted by Gasteiger charge is -2.24. The van der Waals surface area contributed by atoms with Crippen LogP contribution in [-0.4, -0.2) is 42.0 Å². The molecule has 0 fully saturated rings. The van der Waals surface area contributed by atoms with Crippen LogP contribution in [0.1, 0.15) is 18.7 Å². The van der Waals surface area contributed by atoms with Gasteiger partial charge in [0.15, 0.2) is 6.23 Å². The quantitative estimate of drug-likeness (QED) is 0.189. The predicted molar refractivity (Wildman–Crippen MR) is 123 cm³/mol.